The van der Waals surface area contributed by atoms with Gasteiger partial charge in [0.25, 0.3) is 11.8 Å². The number of para-hydroxylation sites is 1. The number of nitrogen functional groups attached to an aromatic ring is 1. The molecule has 0 spiro atoms. The molecule has 0 unspecified atom stereocenters. The lowest BCUT2D eigenvalue weighted by Crippen LogP contribution is -2.40. The Kier molecular flexibility index (Phi) is 4.25. The molecule has 0 radical (unpaired) electrons. The van der Waals surface area contributed by atoms with Crippen LogP contribution < -0.4 is 5.73 Å². The maximum absolute atomic E-state index is 12.9. The summed E-state index contributed by atoms with van der Waals surface area (Å²) in [5, 5.41) is 8.15. The van der Waals surface area contributed by atoms with Crippen LogP contribution in [-0.4, -0.2) is 38.3 Å². The molecule has 0 aliphatic carbocycles. The van der Waals surface area contributed by atoms with E-state index in [0.717, 1.165) is 11.1 Å². The third-order valence-corrected chi connectivity index (χ3v) is 4.33. The molecule has 7 nitrogen and oxygen atoms in total. The number of carbonyl (C=O) groups is 2. The Morgan fingerprint density at radius 1 is 1.15 bits per heavy atom. The lowest BCUT2D eigenvalue weighted by atomic mass is 10.1. The average molecular weight is 359 g/mol. The van der Waals surface area contributed by atoms with Gasteiger partial charge in [-0.1, -0.05) is 35.6 Å². The largest absolute Gasteiger partial charge is 0.399 e. The quantitative estimate of drug-likeness (QED) is 0.572. The van der Waals surface area contributed by atoms with Gasteiger partial charge in [-0.25, -0.2) is 4.68 Å². The van der Waals surface area contributed by atoms with Gasteiger partial charge in [0.1, 0.15) is 11.2 Å². The van der Waals surface area contributed by atoms with Crippen molar-refractivity contribution < 1.29 is 9.59 Å². The zero-order chi connectivity index (χ0) is 18.8. The van der Waals surface area contributed by atoms with E-state index in [4.69, 9.17) is 5.73 Å². The van der Waals surface area contributed by atoms with Crippen LogP contribution in [0.4, 0.5) is 5.69 Å². The van der Waals surface area contributed by atoms with Gasteiger partial charge in [-0.2, -0.15) is 0 Å². The number of benzene rings is 2. The van der Waals surface area contributed by atoms with Crippen LogP contribution in [0.3, 0.4) is 0 Å². The summed E-state index contributed by atoms with van der Waals surface area (Å²) in [7, 11) is 0. The summed E-state index contributed by atoms with van der Waals surface area (Å²) in [4.78, 5) is 26.6. The fraction of sp³-hybridized carbons (Fsp3) is 0.100. The molecule has 2 heterocycles. The summed E-state index contributed by atoms with van der Waals surface area (Å²) < 4.78 is 1.48. The van der Waals surface area contributed by atoms with Crippen molar-refractivity contribution in [3.05, 3.63) is 66.2 Å². The maximum Gasteiger partial charge on any atom is 0.279 e. The first-order chi connectivity index (χ1) is 13.1. The molecular weight excluding hydrogens is 342 g/mol. The molecule has 134 valence electrons. The van der Waals surface area contributed by atoms with E-state index < -0.39 is 0 Å². The molecule has 0 bridgehead atoms. The maximum atomic E-state index is 12.9. The smallest absolute Gasteiger partial charge is 0.279 e. The van der Waals surface area contributed by atoms with Crippen molar-refractivity contribution in [3.63, 3.8) is 0 Å². The minimum atomic E-state index is -0.390. The van der Waals surface area contributed by atoms with E-state index in [0.29, 0.717) is 29.9 Å². The normalized spacial score (nSPS) is 14.7. The lowest BCUT2D eigenvalue weighted by Gasteiger charge is -2.24. The third-order valence-electron chi connectivity index (χ3n) is 4.33. The number of nitrogens with zero attached hydrogens (tertiary/aromatic N) is 4. The van der Waals surface area contributed by atoms with Crippen LogP contribution in [0.25, 0.3) is 22.8 Å². The van der Waals surface area contributed by atoms with E-state index in [1.807, 2.05) is 36.4 Å². The second-order valence-electron chi connectivity index (χ2n) is 6.17. The van der Waals surface area contributed by atoms with Crippen LogP contribution in [0.1, 0.15) is 12.0 Å². The van der Waals surface area contributed by atoms with Gasteiger partial charge >= 0.3 is 0 Å². The summed E-state index contributed by atoms with van der Waals surface area (Å²) in [6.07, 6.45) is 5.38. The summed E-state index contributed by atoms with van der Waals surface area (Å²) in [5.41, 5.74) is 8.90. The molecule has 0 atom stereocenters. The molecule has 0 saturated carbocycles. The molecule has 1 aliphatic heterocycles. The Labute approximate surface area is 155 Å². The van der Waals surface area contributed by atoms with Gasteiger partial charge in [-0.3, -0.25) is 14.5 Å². The number of amides is 2. The van der Waals surface area contributed by atoms with Gasteiger partial charge in [-0.15, -0.1) is 5.10 Å². The van der Waals surface area contributed by atoms with E-state index in [2.05, 4.69) is 10.3 Å². The Hall–Kier alpha value is -3.74. The fourth-order valence-electron chi connectivity index (χ4n) is 3.01. The molecule has 4 rings (SSSR count). The Bertz CT molecular complexity index is 1100. The topological polar surface area (TPSA) is 94.1 Å². The van der Waals surface area contributed by atoms with Gasteiger partial charge in [0.15, 0.2) is 0 Å². The highest BCUT2D eigenvalue weighted by molar-refractivity contribution is 6.21. The number of fused-ring (bicyclic) bond motifs is 1. The van der Waals surface area contributed by atoms with Crippen LogP contribution in [-0.2, 0) is 9.59 Å². The summed E-state index contributed by atoms with van der Waals surface area (Å²) in [5.74, 6) is -0.767. The molecule has 2 aromatic carbocycles. The number of anilines is 1. The van der Waals surface area contributed by atoms with Gasteiger partial charge < -0.3 is 5.73 Å². The second-order valence-corrected chi connectivity index (χ2v) is 6.17. The third kappa shape index (κ3) is 3.22. The number of carbonyl (C=O) groups excluding carboxylic acids is 2. The Morgan fingerprint density at radius 2 is 2.00 bits per heavy atom. The lowest BCUT2D eigenvalue weighted by molar-refractivity contribution is -0.138. The zero-order valence-corrected chi connectivity index (χ0v) is 14.4. The molecule has 0 fully saturated rings. The van der Waals surface area contributed by atoms with Crippen LogP contribution in [0.5, 0.6) is 0 Å². The van der Waals surface area contributed by atoms with E-state index in [-0.39, 0.29) is 11.8 Å². The van der Waals surface area contributed by atoms with E-state index in [9.17, 15) is 9.59 Å². The Balaban J connectivity index is 1.58. The number of aromatic nitrogens is 3. The van der Waals surface area contributed by atoms with Crippen LogP contribution in [0.15, 0.2) is 60.7 Å². The molecule has 3 aromatic rings. The van der Waals surface area contributed by atoms with Crippen LogP contribution in [0, 0.1) is 0 Å². The molecule has 2 N–H and O–H groups in total. The first-order valence-electron chi connectivity index (χ1n) is 8.54. The van der Waals surface area contributed by atoms with E-state index in [1.54, 1.807) is 24.3 Å². The summed E-state index contributed by atoms with van der Waals surface area (Å²) in [6, 6.07) is 14.5. The second kappa shape index (κ2) is 6.87. The van der Waals surface area contributed by atoms with Gasteiger partial charge in [0, 0.05) is 18.3 Å². The SMILES string of the molecule is Nc1cccc(/C=C/C(=O)N2CCC=C(n3nnc4ccccc43)C2=O)c1. The average Bonchev–Trinajstić information content (AvgIpc) is 3.10. The first kappa shape index (κ1) is 16.7. The van der Waals surface area contributed by atoms with Crippen molar-refractivity contribution in [1.29, 1.82) is 0 Å². The van der Waals surface area contributed by atoms with Crippen molar-refractivity contribution in [3.8, 4) is 0 Å². The summed E-state index contributed by atoms with van der Waals surface area (Å²) in [6.45, 7) is 0.328. The van der Waals surface area contributed by atoms with Crippen molar-refractivity contribution >= 4 is 40.3 Å². The van der Waals surface area contributed by atoms with Crippen molar-refractivity contribution in [2.45, 2.75) is 6.42 Å². The minimum Gasteiger partial charge on any atom is -0.399 e. The highest BCUT2D eigenvalue weighted by atomic mass is 16.2. The van der Waals surface area contributed by atoms with Crippen LogP contribution in [0.2, 0.25) is 0 Å². The number of imide groups is 1. The standard InChI is InChI=1S/C20H17N5O2/c21-15-6-3-5-14(13-15)10-11-19(26)24-12-4-9-18(20(24)27)25-17-8-2-1-7-16(17)22-23-25/h1-3,5-11,13H,4,12,21H2/b11-10+. The molecule has 27 heavy (non-hydrogen) atoms. The fourth-order valence-corrected chi connectivity index (χ4v) is 3.01. The molecule has 1 aromatic heterocycles. The van der Waals surface area contributed by atoms with Crippen LogP contribution >= 0.6 is 0 Å². The summed E-state index contributed by atoms with van der Waals surface area (Å²) >= 11 is 0. The number of hydrogen-bond acceptors (Lipinski definition) is 5. The zero-order valence-electron chi connectivity index (χ0n) is 14.4. The van der Waals surface area contributed by atoms with Gasteiger partial charge in [-0.05, 0) is 42.3 Å². The number of rotatable bonds is 3. The highest BCUT2D eigenvalue weighted by Gasteiger charge is 2.28. The predicted molar refractivity (Wildman–Crippen MR) is 103 cm³/mol. The molecule has 0 saturated heterocycles. The Morgan fingerprint density at radius 3 is 2.85 bits per heavy atom. The minimum absolute atomic E-state index is 0.328. The predicted octanol–water partition coefficient (Wildman–Crippen LogP) is 2.33. The first-order valence-corrected chi connectivity index (χ1v) is 8.54. The molecule has 7 heteroatoms. The number of nitrogens with two attached hydrogens (primary N) is 1. The van der Waals surface area contributed by atoms with E-state index in [1.165, 1.54) is 15.7 Å². The monoisotopic (exact) mass is 359 g/mol. The van der Waals surface area contributed by atoms with Crippen molar-refractivity contribution in [1.82, 2.24) is 19.9 Å². The molecule has 2 amide bonds. The van der Waals surface area contributed by atoms with E-state index >= 15 is 0 Å². The van der Waals surface area contributed by atoms with Gasteiger partial charge in [0.05, 0.1) is 5.52 Å². The molecule has 1 aliphatic rings. The van der Waals surface area contributed by atoms with Crippen molar-refractivity contribution in [2.75, 3.05) is 12.3 Å². The van der Waals surface area contributed by atoms with Gasteiger partial charge in [0.2, 0.25) is 0 Å². The highest BCUT2D eigenvalue weighted by Crippen LogP contribution is 2.21. The van der Waals surface area contributed by atoms with Crippen molar-refractivity contribution in [2.24, 2.45) is 0 Å². The molecular formula is C20H17N5O2. The number of hydrogen-bond donors (Lipinski definition) is 1.